The van der Waals surface area contributed by atoms with E-state index in [1.807, 2.05) is 30.3 Å². The lowest BCUT2D eigenvalue weighted by atomic mass is 9.63. The third-order valence-corrected chi connectivity index (χ3v) is 7.41. The van der Waals surface area contributed by atoms with Crippen molar-refractivity contribution >= 4 is 40.6 Å². The molecule has 1 heterocycles. The van der Waals surface area contributed by atoms with Gasteiger partial charge in [-0.25, -0.2) is 0 Å². The van der Waals surface area contributed by atoms with Crippen LogP contribution in [0.1, 0.15) is 67.6 Å². The van der Waals surface area contributed by atoms with E-state index < -0.39 is 5.91 Å². The van der Waals surface area contributed by atoms with E-state index in [2.05, 4.69) is 45.1 Å². The van der Waals surface area contributed by atoms with E-state index in [1.54, 1.807) is 18.0 Å². The summed E-state index contributed by atoms with van der Waals surface area (Å²) in [6.45, 7) is 9.03. The van der Waals surface area contributed by atoms with Gasteiger partial charge in [0.2, 0.25) is 0 Å². The Balaban J connectivity index is 1.63. The van der Waals surface area contributed by atoms with Crippen LogP contribution in [0.5, 0.6) is 0 Å². The van der Waals surface area contributed by atoms with Gasteiger partial charge in [0.1, 0.15) is 0 Å². The Morgan fingerprint density at radius 2 is 1.69 bits per heavy atom. The Labute approximate surface area is 193 Å². The first-order valence-electron chi connectivity index (χ1n) is 10.8. The van der Waals surface area contributed by atoms with Gasteiger partial charge < -0.3 is 4.90 Å². The van der Waals surface area contributed by atoms with Crippen LogP contribution in [0, 0.1) is 0 Å². The Morgan fingerprint density at radius 1 is 1.00 bits per heavy atom. The summed E-state index contributed by atoms with van der Waals surface area (Å²) in [5.74, 6) is -0.477. The van der Waals surface area contributed by atoms with E-state index in [0.717, 1.165) is 35.9 Å². The van der Waals surface area contributed by atoms with Gasteiger partial charge in [0.05, 0.1) is 4.91 Å². The van der Waals surface area contributed by atoms with Crippen molar-refractivity contribution in [2.24, 2.45) is 0 Å². The van der Waals surface area contributed by atoms with Crippen LogP contribution < -0.4 is 10.2 Å². The number of nitrogens with zero attached hydrogens (tertiary/aromatic N) is 1. The third kappa shape index (κ3) is 4.11. The van der Waals surface area contributed by atoms with Gasteiger partial charge in [0, 0.05) is 18.3 Å². The van der Waals surface area contributed by atoms with Gasteiger partial charge in [0.15, 0.2) is 0 Å². The lowest BCUT2D eigenvalue weighted by molar-refractivity contribution is -0.115. The summed E-state index contributed by atoms with van der Waals surface area (Å²) < 4.78 is 0. The number of hydrogen-bond acceptors (Lipinski definition) is 4. The molecule has 3 amide bonds. The number of rotatable bonds is 3. The fraction of sp³-hybridized carbons (Fsp3) is 0.346. The molecule has 0 unspecified atom stereocenters. The molecule has 166 valence electrons. The number of imide groups is 1. The highest BCUT2D eigenvalue weighted by Gasteiger charge is 2.37. The number of benzene rings is 2. The smallest absolute Gasteiger partial charge is 0.290 e. The van der Waals surface area contributed by atoms with E-state index in [1.165, 1.54) is 11.1 Å². The molecule has 2 aliphatic rings. The number of nitrogens with one attached hydrogen (secondary N) is 1. The van der Waals surface area contributed by atoms with Crippen molar-refractivity contribution in [2.75, 3.05) is 11.9 Å². The number of amides is 3. The van der Waals surface area contributed by atoms with E-state index in [-0.39, 0.29) is 22.0 Å². The summed E-state index contributed by atoms with van der Waals surface area (Å²) in [5.41, 5.74) is 4.84. The third-order valence-electron chi connectivity index (χ3n) is 6.60. The number of carbonyl (C=O) groups excluding carboxylic acids is 3. The zero-order valence-electron chi connectivity index (χ0n) is 19.1. The second-order valence-electron chi connectivity index (χ2n) is 9.84. The predicted octanol–water partition coefficient (Wildman–Crippen LogP) is 5.64. The quantitative estimate of drug-likeness (QED) is 0.618. The Morgan fingerprint density at radius 3 is 2.34 bits per heavy atom. The summed E-state index contributed by atoms with van der Waals surface area (Å²) in [7, 11) is 1.75. The topological polar surface area (TPSA) is 66.5 Å². The first-order chi connectivity index (χ1) is 15.0. The summed E-state index contributed by atoms with van der Waals surface area (Å²) in [5, 5.41) is 1.88. The first-order valence-corrected chi connectivity index (χ1v) is 11.6. The molecule has 4 rings (SSSR count). The highest BCUT2D eigenvalue weighted by molar-refractivity contribution is 8.18. The number of hydrogen-bond donors (Lipinski definition) is 1. The Bertz CT molecular complexity index is 1160. The van der Waals surface area contributed by atoms with E-state index >= 15 is 0 Å². The van der Waals surface area contributed by atoms with Crippen molar-refractivity contribution in [2.45, 2.75) is 51.4 Å². The maximum Gasteiger partial charge on any atom is 0.290 e. The molecule has 2 aromatic carbocycles. The lowest BCUT2D eigenvalue weighted by Gasteiger charge is -2.42. The highest BCUT2D eigenvalue weighted by Crippen LogP contribution is 2.46. The molecule has 2 aromatic rings. The highest BCUT2D eigenvalue weighted by atomic mass is 32.2. The molecule has 1 aliphatic heterocycles. The van der Waals surface area contributed by atoms with Gasteiger partial charge >= 0.3 is 0 Å². The van der Waals surface area contributed by atoms with Crippen LogP contribution in [0.25, 0.3) is 6.08 Å². The van der Waals surface area contributed by atoms with Crippen LogP contribution in [0.2, 0.25) is 0 Å². The number of thioether (sulfide) groups is 1. The van der Waals surface area contributed by atoms with Crippen molar-refractivity contribution in [3.8, 4) is 0 Å². The molecule has 0 radical (unpaired) electrons. The van der Waals surface area contributed by atoms with E-state index in [0.29, 0.717) is 10.5 Å². The van der Waals surface area contributed by atoms with Gasteiger partial charge in [-0.2, -0.15) is 0 Å². The molecule has 6 heteroatoms. The number of carbonyl (C=O) groups is 3. The molecule has 0 atom stereocenters. The second-order valence-corrected chi connectivity index (χ2v) is 10.9. The zero-order valence-corrected chi connectivity index (χ0v) is 19.9. The molecule has 1 saturated heterocycles. The number of anilines is 1. The van der Waals surface area contributed by atoms with Gasteiger partial charge in [0.25, 0.3) is 17.1 Å². The van der Waals surface area contributed by atoms with Gasteiger partial charge in [-0.3, -0.25) is 19.7 Å². The fourth-order valence-corrected chi connectivity index (χ4v) is 5.11. The normalized spacial score (nSPS) is 20.1. The SMILES string of the molecule is CN(C(=O)c1ccc2c(c1)C(C)(C)CCC2(C)C)c1cccc(/C=C2\SC(=O)NC2=O)c1. The average molecular weight is 449 g/mol. The van der Waals surface area contributed by atoms with Crippen molar-refractivity contribution < 1.29 is 14.4 Å². The van der Waals surface area contributed by atoms with Crippen LogP contribution in [0.4, 0.5) is 10.5 Å². The molecule has 0 spiro atoms. The van der Waals surface area contributed by atoms with Crippen molar-refractivity contribution in [1.82, 2.24) is 5.32 Å². The molecular weight excluding hydrogens is 420 g/mol. The molecule has 5 nitrogen and oxygen atoms in total. The molecule has 1 N–H and O–H groups in total. The van der Waals surface area contributed by atoms with Crippen LogP contribution in [0.3, 0.4) is 0 Å². The molecule has 1 fully saturated rings. The zero-order chi connectivity index (χ0) is 23.3. The molecule has 0 aromatic heterocycles. The minimum absolute atomic E-state index is 0.0305. The summed E-state index contributed by atoms with van der Waals surface area (Å²) in [6, 6.07) is 13.5. The predicted molar refractivity (Wildman–Crippen MR) is 130 cm³/mol. The molecule has 0 saturated carbocycles. The number of fused-ring (bicyclic) bond motifs is 1. The van der Waals surface area contributed by atoms with Crippen LogP contribution in [-0.2, 0) is 15.6 Å². The Kier molecular flexibility index (Phi) is 5.53. The van der Waals surface area contributed by atoms with Gasteiger partial charge in [-0.15, -0.1) is 0 Å². The molecule has 32 heavy (non-hydrogen) atoms. The molecular formula is C26H28N2O3S. The largest absolute Gasteiger partial charge is 0.311 e. The van der Waals surface area contributed by atoms with Gasteiger partial charge in [-0.1, -0.05) is 45.9 Å². The van der Waals surface area contributed by atoms with E-state index in [4.69, 9.17) is 0 Å². The maximum absolute atomic E-state index is 13.4. The van der Waals surface area contributed by atoms with Gasteiger partial charge in [-0.05, 0) is 82.5 Å². The first kappa shape index (κ1) is 22.3. The monoisotopic (exact) mass is 448 g/mol. The molecule has 1 aliphatic carbocycles. The summed E-state index contributed by atoms with van der Waals surface area (Å²) in [6.07, 6.45) is 3.88. The standard InChI is InChI=1S/C26H28N2O3S/c1-25(2)11-12-26(3,4)20-15-17(9-10-19(20)25)23(30)28(5)18-8-6-7-16(13-18)14-21-22(29)27-24(31)32-21/h6-10,13-15H,11-12H2,1-5H3,(H,27,29,31)/b21-14-. The van der Waals surface area contributed by atoms with Crippen LogP contribution >= 0.6 is 11.8 Å². The van der Waals surface area contributed by atoms with Crippen molar-refractivity contribution in [1.29, 1.82) is 0 Å². The maximum atomic E-state index is 13.4. The minimum atomic E-state index is -0.394. The summed E-state index contributed by atoms with van der Waals surface area (Å²) >= 11 is 0.879. The van der Waals surface area contributed by atoms with E-state index in [9.17, 15) is 14.4 Å². The Hall–Kier alpha value is -2.86. The van der Waals surface area contributed by atoms with Crippen molar-refractivity contribution in [3.05, 3.63) is 69.6 Å². The average Bonchev–Trinajstić information content (AvgIpc) is 3.07. The molecule has 0 bridgehead atoms. The summed E-state index contributed by atoms with van der Waals surface area (Å²) in [4.78, 5) is 38.6. The second kappa shape index (κ2) is 7.93. The van der Waals surface area contributed by atoms with Crippen molar-refractivity contribution in [3.63, 3.8) is 0 Å². The van der Waals surface area contributed by atoms with Crippen LogP contribution in [0.15, 0.2) is 47.4 Å². The lowest BCUT2D eigenvalue weighted by Crippen LogP contribution is -2.34. The minimum Gasteiger partial charge on any atom is -0.311 e. The van der Waals surface area contributed by atoms with Crippen LogP contribution in [-0.4, -0.2) is 24.1 Å². The fourth-order valence-electron chi connectivity index (χ4n) is 4.43.